The minimum Gasteiger partial charge on any atom is -0.497 e. The number of fused-ring (bicyclic) bond motifs is 1. The molecule has 0 bridgehead atoms. The van der Waals surface area contributed by atoms with Crippen molar-refractivity contribution in [3.63, 3.8) is 0 Å². The van der Waals surface area contributed by atoms with Gasteiger partial charge in [-0.15, -0.1) is 0 Å². The van der Waals surface area contributed by atoms with Gasteiger partial charge >= 0.3 is 0 Å². The molecule has 0 radical (unpaired) electrons. The van der Waals surface area contributed by atoms with Crippen LogP contribution in [0.2, 0.25) is 0 Å². The van der Waals surface area contributed by atoms with E-state index in [4.69, 9.17) is 4.74 Å². The molecule has 122 valence electrons. The number of nitrogens with zero attached hydrogens (tertiary/aromatic N) is 3. The van der Waals surface area contributed by atoms with Gasteiger partial charge in [0, 0.05) is 0 Å². The molecule has 0 fully saturated rings. The van der Waals surface area contributed by atoms with E-state index in [9.17, 15) is 0 Å². The third-order valence-electron chi connectivity index (χ3n) is 4.59. The molecule has 0 saturated heterocycles. The van der Waals surface area contributed by atoms with E-state index in [1.807, 2.05) is 16.8 Å². The van der Waals surface area contributed by atoms with Crippen molar-refractivity contribution in [2.45, 2.75) is 25.4 Å². The highest BCUT2D eigenvalue weighted by Crippen LogP contribution is 2.37. The Labute approximate surface area is 141 Å². The smallest absolute Gasteiger partial charge is 0.222 e. The molecule has 1 N–H and O–H groups in total. The fraction of sp³-hybridized carbons (Fsp3) is 0.263. The molecular weight excluding hydrogens is 300 g/mol. The van der Waals surface area contributed by atoms with Crippen LogP contribution in [0.4, 0.5) is 5.95 Å². The van der Waals surface area contributed by atoms with Gasteiger partial charge in [0.05, 0.1) is 19.2 Å². The Morgan fingerprint density at radius 3 is 2.75 bits per heavy atom. The van der Waals surface area contributed by atoms with Crippen molar-refractivity contribution in [3.8, 4) is 5.75 Å². The number of anilines is 1. The third kappa shape index (κ3) is 2.62. The van der Waals surface area contributed by atoms with Gasteiger partial charge < -0.3 is 10.1 Å². The fourth-order valence-electron chi connectivity index (χ4n) is 3.26. The lowest BCUT2D eigenvalue weighted by Crippen LogP contribution is -2.28. The van der Waals surface area contributed by atoms with Crippen molar-refractivity contribution in [2.24, 2.45) is 0 Å². The predicted octanol–water partition coefficient (Wildman–Crippen LogP) is 3.74. The minimum atomic E-state index is 0.167. The number of hydrogen-bond donors (Lipinski definition) is 1. The second-order valence-electron chi connectivity index (χ2n) is 6.16. The van der Waals surface area contributed by atoms with Gasteiger partial charge in [0.1, 0.15) is 12.1 Å². The molecule has 4 rings (SSSR count). The molecule has 0 saturated carbocycles. The zero-order valence-corrected chi connectivity index (χ0v) is 13.8. The lowest BCUT2D eigenvalue weighted by atomic mass is 9.93. The molecule has 0 unspecified atom stereocenters. The van der Waals surface area contributed by atoms with Gasteiger partial charge in [-0.05, 0) is 36.6 Å². The van der Waals surface area contributed by atoms with Gasteiger partial charge in [0.15, 0.2) is 0 Å². The Bertz CT molecular complexity index is 841. The highest BCUT2D eigenvalue weighted by atomic mass is 16.5. The van der Waals surface area contributed by atoms with Crippen LogP contribution in [0.1, 0.15) is 35.2 Å². The molecule has 2 heterocycles. The molecular formula is C19H20N4O. The molecule has 1 aromatic heterocycles. The van der Waals surface area contributed by atoms with Crippen molar-refractivity contribution < 1.29 is 4.74 Å². The predicted molar refractivity (Wildman–Crippen MR) is 93.3 cm³/mol. The van der Waals surface area contributed by atoms with Gasteiger partial charge in [-0.1, -0.05) is 42.0 Å². The van der Waals surface area contributed by atoms with Crippen LogP contribution >= 0.6 is 0 Å². The Hall–Kier alpha value is -2.82. The van der Waals surface area contributed by atoms with Crippen LogP contribution in [-0.2, 0) is 0 Å². The topological polar surface area (TPSA) is 52.0 Å². The monoisotopic (exact) mass is 320 g/mol. The van der Waals surface area contributed by atoms with Crippen molar-refractivity contribution in [3.05, 3.63) is 71.5 Å². The molecule has 0 spiro atoms. The SMILES string of the molecule is COc1cccc([C@@H]2C[C@H](c3ccc(C)cc3)n3ncnc3N2)c1. The summed E-state index contributed by atoms with van der Waals surface area (Å²) < 4.78 is 7.34. The highest BCUT2D eigenvalue weighted by Gasteiger charge is 2.29. The quantitative estimate of drug-likeness (QED) is 0.799. The number of ether oxygens (including phenoxy) is 1. The van der Waals surface area contributed by atoms with E-state index in [-0.39, 0.29) is 12.1 Å². The van der Waals surface area contributed by atoms with Gasteiger partial charge in [-0.25, -0.2) is 4.68 Å². The number of methoxy groups -OCH3 is 1. The van der Waals surface area contributed by atoms with Crippen LogP contribution in [0, 0.1) is 6.92 Å². The molecule has 24 heavy (non-hydrogen) atoms. The molecule has 0 aliphatic carbocycles. The average Bonchev–Trinajstić information content (AvgIpc) is 3.10. The van der Waals surface area contributed by atoms with Crippen LogP contribution < -0.4 is 10.1 Å². The summed E-state index contributed by atoms with van der Waals surface area (Å²) in [5.74, 6) is 1.67. The molecule has 5 nitrogen and oxygen atoms in total. The Balaban J connectivity index is 1.71. The van der Waals surface area contributed by atoms with Crippen LogP contribution in [-0.4, -0.2) is 21.9 Å². The molecule has 1 aliphatic rings. The van der Waals surface area contributed by atoms with Gasteiger partial charge in [0.2, 0.25) is 5.95 Å². The van der Waals surface area contributed by atoms with Crippen molar-refractivity contribution in [2.75, 3.05) is 12.4 Å². The highest BCUT2D eigenvalue weighted by molar-refractivity contribution is 5.40. The van der Waals surface area contributed by atoms with E-state index >= 15 is 0 Å². The maximum absolute atomic E-state index is 5.36. The zero-order chi connectivity index (χ0) is 16.5. The third-order valence-corrected chi connectivity index (χ3v) is 4.59. The summed E-state index contributed by atoms with van der Waals surface area (Å²) in [5, 5.41) is 7.91. The largest absolute Gasteiger partial charge is 0.497 e. The van der Waals surface area contributed by atoms with E-state index in [0.717, 1.165) is 18.1 Å². The molecule has 2 atom stereocenters. The number of hydrogen-bond acceptors (Lipinski definition) is 4. The average molecular weight is 320 g/mol. The van der Waals surface area contributed by atoms with Crippen molar-refractivity contribution in [1.82, 2.24) is 14.8 Å². The van der Waals surface area contributed by atoms with Crippen LogP contribution in [0.3, 0.4) is 0 Å². The van der Waals surface area contributed by atoms with Crippen molar-refractivity contribution >= 4 is 5.95 Å². The van der Waals surface area contributed by atoms with Crippen LogP contribution in [0.15, 0.2) is 54.9 Å². The molecule has 2 aromatic carbocycles. The van der Waals surface area contributed by atoms with E-state index in [0.29, 0.717) is 0 Å². The van der Waals surface area contributed by atoms with Crippen molar-refractivity contribution in [1.29, 1.82) is 0 Å². The van der Waals surface area contributed by atoms with E-state index < -0.39 is 0 Å². The first-order valence-electron chi connectivity index (χ1n) is 8.11. The van der Waals surface area contributed by atoms with E-state index in [1.54, 1.807) is 13.4 Å². The second-order valence-corrected chi connectivity index (χ2v) is 6.16. The number of aryl methyl sites for hydroxylation is 1. The Morgan fingerprint density at radius 2 is 1.96 bits per heavy atom. The summed E-state index contributed by atoms with van der Waals surface area (Å²) in [6, 6.07) is 17.2. The zero-order valence-electron chi connectivity index (χ0n) is 13.8. The first-order valence-corrected chi connectivity index (χ1v) is 8.11. The summed E-state index contributed by atoms with van der Waals surface area (Å²) in [6.45, 7) is 2.10. The summed E-state index contributed by atoms with van der Waals surface area (Å²) >= 11 is 0. The summed E-state index contributed by atoms with van der Waals surface area (Å²) in [5.41, 5.74) is 3.71. The summed E-state index contributed by atoms with van der Waals surface area (Å²) in [7, 11) is 1.69. The fourth-order valence-corrected chi connectivity index (χ4v) is 3.26. The van der Waals surface area contributed by atoms with Gasteiger partial charge in [-0.2, -0.15) is 10.1 Å². The standard InChI is InChI=1S/C19H20N4O/c1-13-6-8-14(9-7-13)18-11-17(22-19-20-12-21-23(18)19)15-4-3-5-16(10-15)24-2/h3-10,12,17-18H,11H2,1-2H3,(H,20,21,22)/t17-,18+/m0/s1. The van der Waals surface area contributed by atoms with Crippen LogP contribution in [0.25, 0.3) is 0 Å². The summed E-state index contributed by atoms with van der Waals surface area (Å²) in [6.07, 6.45) is 2.52. The lowest BCUT2D eigenvalue weighted by molar-refractivity contribution is 0.410. The Kier molecular flexibility index (Phi) is 3.69. The number of aromatic nitrogens is 3. The number of benzene rings is 2. The molecule has 1 aliphatic heterocycles. The van der Waals surface area contributed by atoms with Gasteiger partial charge in [-0.3, -0.25) is 0 Å². The summed E-state index contributed by atoms with van der Waals surface area (Å²) in [4.78, 5) is 4.38. The minimum absolute atomic E-state index is 0.167. The van der Waals surface area contributed by atoms with Gasteiger partial charge in [0.25, 0.3) is 0 Å². The molecule has 0 amide bonds. The molecule has 3 aromatic rings. The second kappa shape index (κ2) is 6.00. The maximum Gasteiger partial charge on any atom is 0.222 e. The number of rotatable bonds is 3. The molecule has 5 heteroatoms. The Morgan fingerprint density at radius 1 is 1.12 bits per heavy atom. The lowest BCUT2D eigenvalue weighted by Gasteiger charge is -2.32. The maximum atomic E-state index is 5.36. The van der Waals surface area contributed by atoms with E-state index in [1.165, 1.54) is 16.7 Å². The van der Waals surface area contributed by atoms with E-state index in [2.05, 4.69) is 58.7 Å². The first kappa shape index (κ1) is 14.8. The van der Waals surface area contributed by atoms with Crippen LogP contribution in [0.5, 0.6) is 5.75 Å². The number of nitrogens with one attached hydrogen (secondary N) is 1. The normalized spacial score (nSPS) is 19.4. The first-order chi connectivity index (χ1) is 11.7.